The van der Waals surface area contributed by atoms with E-state index < -0.39 is 54.0 Å². The highest BCUT2D eigenvalue weighted by Gasteiger charge is 2.39. The molecule has 9 nitrogen and oxygen atoms in total. The fraction of sp³-hybridized carbons (Fsp3) is 0. The number of carbonyl (C=O) groups is 2. The number of ketones is 2. The first-order valence-corrected chi connectivity index (χ1v) is 7.85. The first-order chi connectivity index (χ1) is 11.1. The Kier molecular flexibility index (Phi) is 4.51. The lowest BCUT2D eigenvalue weighted by Gasteiger charge is -2.19. The maximum absolute atomic E-state index is 12.6. The number of halogens is 1. The van der Waals surface area contributed by atoms with Crippen LogP contribution in [-0.4, -0.2) is 29.5 Å². The molecule has 0 heterocycles. The third-order valence-corrected chi connectivity index (χ3v) is 4.55. The van der Waals surface area contributed by atoms with E-state index in [1.54, 1.807) is 0 Å². The van der Waals surface area contributed by atoms with Crippen molar-refractivity contribution in [1.82, 2.24) is 0 Å². The van der Waals surface area contributed by atoms with Crippen molar-refractivity contribution >= 4 is 50.0 Å². The number of hydrogen-bond donors (Lipinski definition) is 2. The van der Waals surface area contributed by atoms with Crippen molar-refractivity contribution in [3.63, 3.8) is 0 Å². The van der Waals surface area contributed by atoms with Gasteiger partial charge in [-0.25, -0.2) is 0 Å². The normalized spacial score (nSPS) is 12.8. The van der Waals surface area contributed by atoms with Gasteiger partial charge in [0.15, 0.2) is 5.78 Å². The van der Waals surface area contributed by atoms with Crippen LogP contribution in [0.15, 0.2) is 35.2 Å². The molecule has 0 bridgehead atoms. The van der Waals surface area contributed by atoms with E-state index in [4.69, 9.17) is 5.73 Å². The number of nitrogens with zero attached hydrogens (tertiary/aromatic N) is 1. The Morgan fingerprint density at radius 2 is 1.52 bits per heavy atom. The van der Waals surface area contributed by atoms with Crippen LogP contribution in [-0.2, 0) is 10.1 Å². The van der Waals surface area contributed by atoms with Crippen molar-refractivity contribution in [2.75, 3.05) is 5.73 Å². The molecule has 0 aromatic heterocycles. The van der Waals surface area contributed by atoms with Crippen LogP contribution in [0.5, 0.6) is 0 Å². The van der Waals surface area contributed by atoms with Gasteiger partial charge in [-0.2, -0.15) is 8.42 Å². The zero-order chi connectivity index (χ0) is 17.8. The van der Waals surface area contributed by atoms with E-state index in [1.165, 1.54) is 24.3 Å². The quantitative estimate of drug-likeness (QED) is 0.270. The first-order valence-electron chi connectivity index (χ1n) is 6.41. The molecule has 0 fully saturated rings. The van der Waals surface area contributed by atoms with E-state index in [9.17, 15) is 32.7 Å². The van der Waals surface area contributed by atoms with Crippen LogP contribution in [0.2, 0.25) is 0 Å². The molecule has 1 aliphatic carbocycles. The Labute approximate surface area is 151 Å². The smallest absolute Gasteiger partial charge is 0.296 e. The third kappa shape index (κ3) is 2.71. The predicted octanol–water partition coefficient (Wildman–Crippen LogP) is 1.78. The van der Waals surface area contributed by atoms with Crippen molar-refractivity contribution < 1.29 is 27.5 Å². The molecule has 0 spiro atoms. The standard InChI is InChI=1S/C14H8N2O7S.BrH/c15-12-9(24(21,22)23)5-8(16(19)20)10-11(12)14(18)7-4-2-1-3-6(7)13(10)17;/h1-5H,15H2,(H,21,22,23);1H. The lowest BCUT2D eigenvalue weighted by Crippen LogP contribution is -2.25. The van der Waals surface area contributed by atoms with Gasteiger partial charge in [-0.3, -0.25) is 24.3 Å². The van der Waals surface area contributed by atoms with Crippen LogP contribution in [0.25, 0.3) is 0 Å². The molecule has 2 aromatic rings. The average Bonchev–Trinajstić information content (AvgIpc) is 2.50. The number of fused-ring (bicyclic) bond motifs is 2. The number of nitrogens with two attached hydrogens (primary N) is 1. The van der Waals surface area contributed by atoms with Gasteiger partial charge in [-0.05, 0) is 0 Å². The Bertz CT molecular complexity index is 1060. The van der Waals surface area contributed by atoms with Gasteiger partial charge in [-0.15, -0.1) is 17.0 Å². The fourth-order valence-corrected chi connectivity index (χ4v) is 3.27. The molecule has 0 aliphatic heterocycles. The molecule has 0 saturated carbocycles. The second-order valence-corrected chi connectivity index (χ2v) is 6.38. The molecule has 3 N–H and O–H groups in total. The summed E-state index contributed by atoms with van der Waals surface area (Å²) < 4.78 is 32.0. The molecule has 2 aromatic carbocycles. The van der Waals surface area contributed by atoms with E-state index in [-0.39, 0.29) is 28.1 Å². The number of hydrogen-bond acceptors (Lipinski definition) is 7. The summed E-state index contributed by atoms with van der Waals surface area (Å²) >= 11 is 0. The van der Waals surface area contributed by atoms with Gasteiger partial charge in [0.2, 0.25) is 5.78 Å². The number of carbonyl (C=O) groups excluding carboxylic acids is 2. The fourth-order valence-electron chi connectivity index (χ4n) is 2.63. The molecule has 130 valence electrons. The Hall–Kier alpha value is -2.63. The SMILES string of the molecule is Br.Nc1c(S(=O)(=O)O)cc([N+](=O)[O-])c2c1C(=O)c1ccccc1C2=O. The summed E-state index contributed by atoms with van der Waals surface area (Å²) in [5, 5.41) is 11.3. The van der Waals surface area contributed by atoms with Crippen LogP contribution >= 0.6 is 17.0 Å². The minimum Gasteiger partial charge on any atom is -0.397 e. The van der Waals surface area contributed by atoms with Crippen LogP contribution < -0.4 is 5.73 Å². The molecule has 25 heavy (non-hydrogen) atoms. The molecule has 1 aliphatic rings. The number of nitro benzene ring substituents is 1. The van der Waals surface area contributed by atoms with Gasteiger partial charge in [-0.1, -0.05) is 24.3 Å². The second kappa shape index (κ2) is 6.02. The average molecular weight is 429 g/mol. The van der Waals surface area contributed by atoms with E-state index in [0.717, 1.165) is 0 Å². The predicted molar refractivity (Wildman–Crippen MR) is 91.0 cm³/mol. The molecule has 3 rings (SSSR count). The second-order valence-electron chi connectivity index (χ2n) is 4.99. The molecular formula is C14H9BrN2O7S. The zero-order valence-corrected chi connectivity index (χ0v) is 14.7. The molecule has 0 saturated heterocycles. The minimum atomic E-state index is -4.93. The van der Waals surface area contributed by atoms with Crippen molar-refractivity contribution in [3.8, 4) is 0 Å². The number of rotatable bonds is 2. The largest absolute Gasteiger partial charge is 0.397 e. The van der Waals surface area contributed by atoms with Crippen molar-refractivity contribution in [3.05, 3.63) is 62.7 Å². The lowest BCUT2D eigenvalue weighted by molar-refractivity contribution is -0.385. The Balaban J connectivity index is 0.00000225. The van der Waals surface area contributed by atoms with Crippen LogP contribution in [0.4, 0.5) is 11.4 Å². The van der Waals surface area contributed by atoms with Crippen LogP contribution in [0, 0.1) is 10.1 Å². The monoisotopic (exact) mass is 428 g/mol. The lowest BCUT2D eigenvalue weighted by atomic mass is 9.82. The maximum atomic E-state index is 12.6. The molecule has 0 atom stereocenters. The molecule has 11 heteroatoms. The summed E-state index contributed by atoms with van der Waals surface area (Å²) in [7, 11) is -4.93. The molecule has 0 radical (unpaired) electrons. The minimum absolute atomic E-state index is 0. The zero-order valence-electron chi connectivity index (χ0n) is 12.1. The molecular weight excluding hydrogens is 420 g/mol. The number of nitrogen functional groups attached to an aromatic ring is 1. The van der Waals surface area contributed by atoms with E-state index in [2.05, 4.69) is 0 Å². The number of anilines is 1. The maximum Gasteiger partial charge on any atom is 0.296 e. The van der Waals surface area contributed by atoms with Crippen LogP contribution in [0.1, 0.15) is 31.8 Å². The van der Waals surface area contributed by atoms with Gasteiger partial charge in [0.05, 0.1) is 16.2 Å². The van der Waals surface area contributed by atoms with Gasteiger partial charge < -0.3 is 5.73 Å². The topological polar surface area (TPSA) is 158 Å². The number of benzene rings is 2. The van der Waals surface area contributed by atoms with Gasteiger partial charge in [0.25, 0.3) is 15.8 Å². The summed E-state index contributed by atoms with van der Waals surface area (Å²) in [6, 6.07) is 6.09. The van der Waals surface area contributed by atoms with E-state index in [0.29, 0.717) is 6.07 Å². The van der Waals surface area contributed by atoms with Gasteiger partial charge >= 0.3 is 0 Å². The Morgan fingerprint density at radius 1 is 1.04 bits per heavy atom. The number of nitro groups is 1. The van der Waals surface area contributed by atoms with Crippen molar-refractivity contribution in [2.24, 2.45) is 0 Å². The summed E-state index contributed by atoms with van der Waals surface area (Å²) in [6.45, 7) is 0. The highest BCUT2D eigenvalue weighted by molar-refractivity contribution is 8.93. The Morgan fingerprint density at radius 3 is 1.96 bits per heavy atom. The summed E-state index contributed by atoms with van der Waals surface area (Å²) in [4.78, 5) is 34.4. The third-order valence-electron chi connectivity index (χ3n) is 3.65. The van der Waals surface area contributed by atoms with Crippen molar-refractivity contribution in [1.29, 1.82) is 0 Å². The van der Waals surface area contributed by atoms with Gasteiger partial charge in [0.1, 0.15) is 10.5 Å². The highest BCUT2D eigenvalue weighted by Crippen LogP contribution is 2.39. The first kappa shape index (κ1) is 18.7. The highest BCUT2D eigenvalue weighted by atomic mass is 79.9. The summed E-state index contributed by atoms with van der Waals surface area (Å²) in [5.41, 5.74) is 2.73. The van der Waals surface area contributed by atoms with E-state index >= 15 is 0 Å². The van der Waals surface area contributed by atoms with Crippen molar-refractivity contribution in [2.45, 2.75) is 4.90 Å². The van der Waals surface area contributed by atoms with Crippen LogP contribution in [0.3, 0.4) is 0 Å². The summed E-state index contributed by atoms with van der Waals surface area (Å²) in [6.07, 6.45) is 0. The van der Waals surface area contributed by atoms with Gasteiger partial charge in [0, 0.05) is 17.2 Å². The van der Waals surface area contributed by atoms with E-state index in [1.807, 2.05) is 0 Å². The molecule has 0 unspecified atom stereocenters. The summed E-state index contributed by atoms with van der Waals surface area (Å²) in [5.74, 6) is -1.65. The molecule has 0 amide bonds.